The first-order valence-corrected chi connectivity index (χ1v) is 8.36. The van der Waals surface area contributed by atoms with Crippen molar-refractivity contribution < 1.29 is 0 Å². The Morgan fingerprint density at radius 3 is 2.05 bits per heavy atom. The van der Waals surface area contributed by atoms with E-state index in [-0.39, 0.29) is 0 Å². The molecule has 116 valence electrons. The molecule has 0 spiro atoms. The lowest BCUT2D eigenvalue weighted by atomic mass is 10.1. The van der Waals surface area contributed by atoms with E-state index in [1.165, 1.54) is 35.1 Å². The lowest BCUT2D eigenvalue weighted by Crippen LogP contribution is -2.07. The van der Waals surface area contributed by atoms with Gasteiger partial charge in [0.05, 0.1) is 0 Å². The van der Waals surface area contributed by atoms with Crippen LogP contribution in [0.15, 0.2) is 36.4 Å². The molecule has 0 N–H and O–H groups in total. The summed E-state index contributed by atoms with van der Waals surface area (Å²) in [6.45, 7) is 8.89. The van der Waals surface area contributed by atoms with Crippen LogP contribution in [-0.2, 0) is 25.9 Å². The zero-order chi connectivity index (χ0) is 15.7. The van der Waals surface area contributed by atoms with Crippen LogP contribution in [0.3, 0.4) is 0 Å². The van der Waals surface area contributed by atoms with Crippen LogP contribution in [0.1, 0.15) is 40.3 Å². The zero-order valence-corrected chi connectivity index (χ0v) is 14.3. The molecule has 1 heterocycles. The summed E-state index contributed by atoms with van der Waals surface area (Å²) in [5.74, 6) is 0.867. The van der Waals surface area contributed by atoms with Crippen molar-refractivity contribution in [3.63, 3.8) is 0 Å². The Balaban J connectivity index is 0.000000131. The van der Waals surface area contributed by atoms with Crippen LogP contribution in [-0.4, -0.2) is 11.9 Å². The summed E-state index contributed by atoms with van der Waals surface area (Å²) in [5.41, 5.74) is 8.93. The maximum absolute atomic E-state index is 2.34. The molecule has 0 bridgehead atoms. The molecular formula is C21H27N. The molecule has 0 aromatic heterocycles. The van der Waals surface area contributed by atoms with Gasteiger partial charge in [-0.05, 0) is 61.9 Å². The summed E-state index contributed by atoms with van der Waals surface area (Å²) >= 11 is 0. The highest BCUT2D eigenvalue weighted by atomic mass is 15.1. The van der Waals surface area contributed by atoms with Crippen LogP contribution in [0.4, 0.5) is 0 Å². The first-order valence-electron chi connectivity index (χ1n) is 8.36. The van der Waals surface area contributed by atoms with E-state index in [1.807, 2.05) is 0 Å². The summed E-state index contributed by atoms with van der Waals surface area (Å²) in [7, 11) is 2.16. The number of nitrogens with zero attached hydrogens (tertiary/aromatic N) is 1. The molecule has 4 rings (SSSR count). The topological polar surface area (TPSA) is 3.24 Å². The minimum Gasteiger partial charge on any atom is -0.298 e. The van der Waals surface area contributed by atoms with Gasteiger partial charge in [-0.3, -0.25) is 4.90 Å². The summed E-state index contributed by atoms with van der Waals surface area (Å²) < 4.78 is 0. The molecule has 0 fully saturated rings. The molecule has 1 nitrogen and oxygen atoms in total. The van der Waals surface area contributed by atoms with Gasteiger partial charge in [0.2, 0.25) is 0 Å². The van der Waals surface area contributed by atoms with Gasteiger partial charge >= 0.3 is 0 Å². The van der Waals surface area contributed by atoms with Gasteiger partial charge in [-0.15, -0.1) is 0 Å². The number of rotatable bonds is 0. The van der Waals surface area contributed by atoms with Gasteiger partial charge in [0.1, 0.15) is 0 Å². The van der Waals surface area contributed by atoms with Crippen molar-refractivity contribution >= 4 is 0 Å². The molecule has 1 atom stereocenters. The summed E-state index contributed by atoms with van der Waals surface area (Å²) in [6, 6.07) is 13.6. The van der Waals surface area contributed by atoms with E-state index in [0.717, 1.165) is 19.0 Å². The van der Waals surface area contributed by atoms with Gasteiger partial charge in [-0.25, -0.2) is 0 Å². The third-order valence-electron chi connectivity index (χ3n) is 4.74. The van der Waals surface area contributed by atoms with E-state index >= 15 is 0 Å². The Hall–Kier alpha value is -1.60. The number of fused-ring (bicyclic) bond motifs is 2. The molecule has 0 amide bonds. The molecule has 2 aliphatic rings. The van der Waals surface area contributed by atoms with E-state index in [2.05, 4.69) is 69.1 Å². The Bertz CT molecular complexity index is 612. The molecular weight excluding hydrogens is 266 g/mol. The normalized spacial score (nSPS) is 19.4. The number of hydrogen-bond acceptors (Lipinski definition) is 1. The Morgan fingerprint density at radius 1 is 0.773 bits per heavy atom. The molecule has 2 aromatic carbocycles. The molecule has 2 aromatic rings. The summed E-state index contributed by atoms with van der Waals surface area (Å²) in [6.07, 6.45) is 2.58. The Kier molecular flexibility index (Phi) is 4.35. The predicted molar refractivity (Wildman–Crippen MR) is 94.1 cm³/mol. The SMILES string of the molecule is Cc1ccc2c(c1)CC(C)C2.Cc1ccc2c(c1)CN(C)C2. The highest BCUT2D eigenvalue weighted by Gasteiger charge is 2.16. The van der Waals surface area contributed by atoms with Gasteiger partial charge in [-0.2, -0.15) is 0 Å². The van der Waals surface area contributed by atoms with Crippen LogP contribution < -0.4 is 0 Å². The molecule has 0 saturated carbocycles. The van der Waals surface area contributed by atoms with Gasteiger partial charge in [0.25, 0.3) is 0 Å². The minimum atomic E-state index is 0.867. The predicted octanol–water partition coefficient (Wildman–Crippen LogP) is 4.67. The maximum Gasteiger partial charge on any atom is 0.0237 e. The lowest BCUT2D eigenvalue weighted by Gasteiger charge is -2.02. The third-order valence-corrected chi connectivity index (χ3v) is 4.74. The number of benzene rings is 2. The molecule has 1 aliphatic carbocycles. The molecule has 0 radical (unpaired) electrons. The Morgan fingerprint density at radius 2 is 1.32 bits per heavy atom. The van der Waals surface area contributed by atoms with Crippen LogP contribution in [0.25, 0.3) is 0 Å². The van der Waals surface area contributed by atoms with Gasteiger partial charge in [-0.1, -0.05) is 54.4 Å². The average Bonchev–Trinajstić information content (AvgIpc) is 2.99. The molecule has 0 saturated heterocycles. The maximum atomic E-state index is 2.34. The van der Waals surface area contributed by atoms with Crippen molar-refractivity contribution in [3.8, 4) is 0 Å². The van der Waals surface area contributed by atoms with Gasteiger partial charge in [0.15, 0.2) is 0 Å². The minimum absolute atomic E-state index is 0.867. The van der Waals surface area contributed by atoms with Crippen LogP contribution in [0.5, 0.6) is 0 Å². The second-order valence-corrected chi connectivity index (χ2v) is 7.23. The van der Waals surface area contributed by atoms with Crippen LogP contribution in [0.2, 0.25) is 0 Å². The average molecular weight is 293 g/mol. The van der Waals surface area contributed by atoms with E-state index in [0.29, 0.717) is 0 Å². The largest absolute Gasteiger partial charge is 0.298 e. The van der Waals surface area contributed by atoms with E-state index in [9.17, 15) is 0 Å². The summed E-state index contributed by atoms with van der Waals surface area (Å²) in [5, 5.41) is 0. The van der Waals surface area contributed by atoms with Crippen molar-refractivity contribution in [1.29, 1.82) is 0 Å². The highest BCUT2D eigenvalue weighted by Crippen LogP contribution is 2.26. The van der Waals surface area contributed by atoms with Crippen LogP contribution in [0, 0.1) is 19.8 Å². The first-order chi connectivity index (χ1) is 10.5. The van der Waals surface area contributed by atoms with E-state index in [4.69, 9.17) is 0 Å². The van der Waals surface area contributed by atoms with Crippen molar-refractivity contribution in [3.05, 3.63) is 69.8 Å². The third kappa shape index (κ3) is 3.41. The molecule has 1 heteroatoms. The first kappa shape index (κ1) is 15.3. The second kappa shape index (κ2) is 6.26. The molecule has 1 unspecified atom stereocenters. The van der Waals surface area contributed by atoms with Crippen molar-refractivity contribution in [1.82, 2.24) is 4.90 Å². The standard InChI is InChI=1S/C11H14.C10H13N/c1-8-3-4-10-6-9(2)7-11(10)5-8;1-8-3-4-9-6-11(2)7-10(9)5-8/h3-5,9H,6-7H2,1-2H3;3-5H,6-7H2,1-2H3. The van der Waals surface area contributed by atoms with E-state index < -0.39 is 0 Å². The van der Waals surface area contributed by atoms with Gasteiger partial charge < -0.3 is 0 Å². The monoisotopic (exact) mass is 293 g/mol. The smallest absolute Gasteiger partial charge is 0.0237 e. The van der Waals surface area contributed by atoms with Crippen molar-refractivity contribution in [2.24, 2.45) is 5.92 Å². The lowest BCUT2D eigenvalue weighted by molar-refractivity contribution is 0.353. The van der Waals surface area contributed by atoms with Crippen molar-refractivity contribution in [2.75, 3.05) is 7.05 Å². The quantitative estimate of drug-likeness (QED) is 0.682. The summed E-state index contributed by atoms with van der Waals surface area (Å²) in [4.78, 5) is 2.34. The van der Waals surface area contributed by atoms with E-state index in [1.54, 1.807) is 11.1 Å². The Labute approximate surface area is 135 Å². The van der Waals surface area contributed by atoms with Gasteiger partial charge in [0, 0.05) is 13.1 Å². The van der Waals surface area contributed by atoms with Crippen LogP contribution >= 0.6 is 0 Å². The fourth-order valence-corrected chi connectivity index (χ4v) is 3.66. The second-order valence-electron chi connectivity index (χ2n) is 7.23. The number of hydrogen-bond donors (Lipinski definition) is 0. The zero-order valence-electron chi connectivity index (χ0n) is 14.3. The fraction of sp³-hybridized carbons (Fsp3) is 0.429. The molecule has 1 aliphatic heterocycles. The number of aryl methyl sites for hydroxylation is 2. The highest BCUT2D eigenvalue weighted by molar-refractivity contribution is 5.35. The molecule has 22 heavy (non-hydrogen) atoms. The fourth-order valence-electron chi connectivity index (χ4n) is 3.66. The van der Waals surface area contributed by atoms with Crippen molar-refractivity contribution in [2.45, 2.75) is 46.7 Å².